The van der Waals surface area contributed by atoms with Crippen LogP contribution < -0.4 is 10.2 Å². The van der Waals surface area contributed by atoms with Crippen LogP contribution in [0.15, 0.2) is 109 Å². The number of aliphatic hydroxyl groups excluding tert-OH is 1. The second-order valence-electron chi connectivity index (χ2n) is 12.6. The number of amides is 3. The van der Waals surface area contributed by atoms with Gasteiger partial charge >= 0.3 is 5.97 Å². The maximum atomic E-state index is 15.0. The highest BCUT2D eigenvalue weighted by atomic mass is 35.5. The Kier molecular flexibility index (Phi) is 9.11. The third-order valence-corrected chi connectivity index (χ3v) is 10.1. The summed E-state index contributed by atoms with van der Waals surface area (Å²) in [7, 11) is 0. The number of hydrogen-bond donors (Lipinski definition) is 2. The number of ether oxygens (including phenoxy) is 2. The van der Waals surface area contributed by atoms with Crippen LogP contribution in [0.5, 0.6) is 0 Å². The van der Waals surface area contributed by atoms with E-state index in [1.165, 1.54) is 9.80 Å². The van der Waals surface area contributed by atoms with Gasteiger partial charge in [0.15, 0.2) is 0 Å². The van der Waals surface area contributed by atoms with E-state index in [9.17, 15) is 24.3 Å². The molecule has 0 bridgehead atoms. The van der Waals surface area contributed by atoms with Gasteiger partial charge in [-0.25, -0.2) is 0 Å². The van der Waals surface area contributed by atoms with Crippen LogP contribution in [0, 0.1) is 11.8 Å². The van der Waals surface area contributed by atoms with E-state index in [1.807, 2.05) is 24.3 Å². The molecule has 0 unspecified atom stereocenters. The van der Waals surface area contributed by atoms with Crippen molar-refractivity contribution >= 4 is 41.0 Å². The second kappa shape index (κ2) is 13.6. The highest BCUT2D eigenvalue weighted by molar-refractivity contribution is 6.34. The third-order valence-electron chi connectivity index (χ3n) is 9.82. The number of para-hydroxylation sites is 1. The number of carbonyl (C=O) groups excluding carboxylic acids is 4. The summed E-state index contributed by atoms with van der Waals surface area (Å²) in [5, 5.41) is 14.0. The fourth-order valence-electron chi connectivity index (χ4n) is 7.60. The molecule has 3 aromatic rings. The third kappa shape index (κ3) is 5.83. The molecular formula is C38H36ClN3O7. The van der Waals surface area contributed by atoms with E-state index in [-0.39, 0.29) is 25.4 Å². The van der Waals surface area contributed by atoms with Crippen molar-refractivity contribution in [1.82, 2.24) is 10.2 Å². The number of esters is 1. The molecule has 0 aliphatic carbocycles. The number of aliphatic hydroxyl groups is 1. The van der Waals surface area contributed by atoms with Gasteiger partial charge in [0.25, 0.3) is 5.91 Å². The lowest BCUT2D eigenvalue weighted by Gasteiger charge is -2.38. The molecular weight excluding hydrogens is 646 g/mol. The molecule has 0 radical (unpaired) electrons. The van der Waals surface area contributed by atoms with Gasteiger partial charge < -0.3 is 29.7 Å². The van der Waals surface area contributed by atoms with E-state index in [1.54, 1.807) is 85.0 Å². The van der Waals surface area contributed by atoms with Gasteiger partial charge in [0.1, 0.15) is 23.7 Å². The number of cyclic esters (lactones) is 1. The maximum absolute atomic E-state index is 15.0. The molecule has 0 aromatic heterocycles. The molecule has 1 spiro atoms. The lowest BCUT2D eigenvalue weighted by atomic mass is 9.77. The van der Waals surface area contributed by atoms with Gasteiger partial charge in [-0.15, -0.1) is 0 Å². The van der Waals surface area contributed by atoms with Gasteiger partial charge in [-0.05, 0) is 29.7 Å². The van der Waals surface area contributed by atoms with Crippen LogP contribution >= 0.6 is 11.6 Å². The Morgan fingerprint density at radius 1 is 0.918 bits per heavy atom. The van der Waals surface area contributed by atoms with Crippen molar-refractivity contribution in [3.63, 3.8) is 0 Å². The zero-order valence-electron chi connectivity index (χ0n) is 26.6. The number of benzene rings is 3. The van der Waals surface area contributed by atoms with Crippen molar-refractivity contribution in [2.75, 3.05) is 24.6 Å². The standard InChI is InChI=1S/C38H36ClN3O7/c39-26-16-7-8-17-27(26)41-21-11-20-38-33(35(45)42(34(38)36(41)46)28(23-43)24-12-3-1-4-13-24)32-29(49-38)18-9-10-19-31(44)40-22-30(48-37(32)47)25-14-5-2-6-15-25/h1-9,11-18,20,28-30,32-34,43H,10,19,21-23H2,(H,40,44)/b18-9-/t28-,29+,30-,32-,33-,34+,38-/m1/s1. The number of carbonyl (C=O) groups is 4. The molecule has 11 heteroatoms. The summed E-state index contributed by atoms with van der Waals surface area (Å²) in [6.45, 7) is -0.305. The SMILES string of the molecule is O=C1CC/C=C\[C@@H]2O[C@@]34C=CCN(c5ccccc5Cl)C(=O)[C@@H]3N([C@H](CO)c3ccccc3)C(=O)[C@H]4[C@@H]2C(=O)O[C@@H](c2ccccc2)CN1. The van der Waals surface area contributed by atoms with E-state index in [0.29, 0.717) is 28.3 Å². The normalized spacial score (nSPS) is 29.8. The Morgan fingerprint density at radius 2 is 1.63 bits per heavy atom. The van der Waals surface area contributed by atoms with Crippen LogP contribution in [-0.4, -0.2) is 71.1 Å². The average molecular weight is 682 g/mol. The van der Waals surface area contributed by atoms with E-state index < -0.39 is 66.1 Å². The van der Waals surface area contributed by atoms with Crippen LogP contribution in [0.2, 0.25) is 5.02 Å². The maximum Gasteiger partial charge on any atom is 0.313 e. The first-order valence-corrected chi connectivity index (χ1v) is 16.8. The Labute approximate surface area is 288 Å². The van der Waals surface area contributed by atoms with Crippen molar-refractivity contribution in [3.8, 4) is 0 Å². The topological polar surface area (TPSA) is 125 Å². The summed E-state index contributed by atoms with van der Waals surface area (Å²) in [6.07, 6.45) is 5.73. The first-order chi connectivity index (χ1) is 23.8. The number of nitrogens with zero attached hydrogens (tertiary/aromatic N) is 2. The fourth-order valence-corrected chi connectivity index (χ4v) is 7.84. The number of likely N-dealkylation sites (tertiary alicyclic amines) is 1. The number of anilines is 1. The minimum atomic E-state index is -1.60. The minimum absolute atomic E-state index is 0.0425. The molecule has 49 heavy (non-hydrogen) atoms. The van der Waals surface area contributed by atoms with Crippen molar-refractivity contribution in [3.05, 3.63) is 125 Å². The smallest absolute Gasteiger partial charge is 0.313 e. The van der Waals surface area contributed by atoms with Gasteiger partial charge in [-0.1, -0.05) is 109 Å². The first kappa shape index (κ1) is 32.8. The highest BCUT2D eigenvalue weighted by Gasteiger charge is 2.72. The number of halogens is 1. The summed E-state index contributed by atoms with van der Waals surface area (Å²) in [5.41, 5.74) is 0.159. The Hall–Kier alpha value is -4.77. The van der Waals surface area contributed by atoms with Gasteiger partial charge in [-0.2, -0.15) is 0 Å². The summed E-state index contributed by atoms with van der Waals surface area (Å²) in [5.74, 6) is -4.17. The number of allylic oxidation sites excluding steroid dienone is 1. The second-order valence-corrected chi connectivity index (χ2v) is 13.0. The predicted octanol–water partition coefficient (Wildman–Crippen LogP) is 4.31. The average Bonchev–Trinajstić information content (AvgIpc) is 3.50. The molecule has 0 saturated carbocycles. The fraction of sp³-hybridized carbons (Fsp3) is 0.316. The largest absolute Gasteiger partial charge is 0.455 e. The van der Waals surface area contributed by atoms with Crippen LogP contribution in [-0.2, 0) is 28.7 Å². The molecule has 252 valence electrons. The summed E-state index contributed by atoms with van der Waals surface area (Å²) in [4.78, 5) is 59.8. The highest BCUT2D eigenvalue weighted by Crippen LogP contribution is 2.55. The van der Waals surface area contributed by atoms with Crippen molar-refractivity contribution in [2.45, 2.75) is 42.7 Å². The Bertz CT molecular complexity index is 1800. The summed E-state index contributed by atoms with van der Waals surface area (Å²) >= 11 is 6.60. The summed E-state index contributed by atoms with van der Waals surface area (Å²) in [6, 6.07) is 22.8. The lowest BCUT2D eigenvalue weighted by Crippen LogP contribution is -2.56. The van der Waals surface area contributed by atoms with E-state index in [0.717, 1.165) is 0 Å². The van der Waals surface area contributed by atoms with E-state index >= 15 is 0 Å². The molecule has 3 amide bonds. The van der Waals surface area contributed by atoms with Crippen molar-refractivity contribution in [1.29, 1.82) is 0 Å². The number of hydrogen-bond acceptors (Lipinski definition) is 7. The minimum Gasteiger partial charge on any atom is -0.455 e. The van der Waals surface area contributed by atoms with Crippen LogP contribution in [0.25, 0.3) is 0 Å². The van der Waals surface area contributed by atoms with Gasteiger partial charge in [0.2, 0.25) is 11.8 Å². The van der Waals surface area contributed by atoms with Crippen LogP contribution in [0.1, 0.15) is 36.1 Å². The Morgan fingerprint density at radius 3 is 2.37 bits per heavy atom. The zero-order chi connectivity index (χ0) is 34.1. The van der Waals surface area contributed by atoms with Gasteiger partial charge in [0.05, 0.1) is 41.9 Å². The molecule has 4 heterocycles. The molecule has 2 N–H and O–H groups in total. The molecule has 2 fully saturated rings. The number of rotatable bonds is 5. The van der Waals surface area contributed by atoms with Gasteiger partial charge in [-0.3, -0.25) is 19.2 Å². The van der Waals surface area contributed by atoms with Crippen molar-refractivity contribution in [2.24, 2.45) is 11.8 Å². The molecule has 10 nitrogen and oxygen atoms in total. The van der Waals surface area contributed by atoms with Crippen LogP contribution in [0.4, 0.5) is 5.69 Å². The van der Waals surface area contributed by atoms with Gasteiger partial charge in [0, 0.05) is 13.0 Å². The van der Waals surface area contributed by atoms with E-state index in [4.69, 9.17) is 21.1 Å². The summed E-state index contributed by atoms with van der Waals surface area (Å²) < 4.78 is 13.0. The molecule has 7 atom stereocenters. The van der Waals surface area contributed by atoms with Crippen molar-refractivity contribution < 1.29 is 33.8 Å². The molecule has 4 aliphatic rings. The molecule has 7 rings (SSSR count). The zero-order valence-corrected chi connectivity index (χ0v) is 27.3. The number of nitrogens with one attached hydrogen (secondary N) is 1. The Balaban J connectivity index is 1.36. The number of fused-ring (bicyclic) bond motifs is 2. The quantitative estimate of drug-likeness (QED) is 0.304. The molecule has 3 aromatic carbocycles. The molecule has 2 saturated heterocycles. The lowest BCUT2D eigenvalue weighted by molar-refractivity contribution is -0.160. The monoisotopic (exact) mass is 681 g/mol. The van der Waals surface area contributed by atoms with Crippen LogP contribution in [0.3, 0.4) is 0 Å². The van der Waals surface area contributed by atoms with E-state index in [2.05, 4.69) is 5.32 Å². The first-order valence-electron chi connectivity index (χ1n) is 16.4. The molecule has 4 aliphatic heterocycles. The predicted molar refractivity (Wildman–Crippen MR) is 181 cm³/mol.